The van der Waals surface area contributed by atoms with E-state index in [2.05, 4.69) is 12.2 Å². The van der Waals surface area contributed by atoms with Crippen molar-refractivity contribution in [2.24, 2.45) is 0 Å². The Balaban J connectivity index is 2.80. The monoisotopic (exact) mass is 268 g/mol. The highest BCUT2D eigenvalue weighted by Crippen LogP contribution is 2.22. The topological polar surface area (TPSA) is 35.5 Å². The number of aliphatic hydroxyl groups is 1. The molecule has 0 aliphatic rings. The lowest BCUT2D eigenvalue weighted by Gasteiger charge is -2.28. The van der Waals surface area contributed by atoms with Crippen molar-refractivity contribution >= 4 is 5.69 Å². The number of rotatable bonds is 8. The van der Waals surface area contributed by atoms with Crippen LogP contribution < -0.4 is 10.2 Å². The first-order valence-electron chi connectivity index (χ1n) is 6.96. The molecule has 0 aliphatic heterocycles. The molecule has 0 amide bonds. The highest BCUT2D eigenvalue weighted by molar-refractivity contribution is 5.50. The summed E-state index contributed by atoms with van der Waals surface area (Å²) in [5.41, 5.74) is 1.51. The van der Waals surface area contributed by atoms with Gasteiger partial charge in [0.15, 0.2) is 0 Å². The molecular weight excluding hydrogens is 243 g/mol. The first kappa shape index (κ1) is 15.9. The Bertz CT molecular complexity index is 382. The fourth-order valence-electron chi connectivity index (χ4n) is 2.07. The fraction of sp³-hybridized carbons (Fsp3) is 0.600. The minimum absolute atomic E-state index is 0.0252. The summed E-state index contributed by atoms with van der Waals surface area (Å²) < 4.78 is 14.1. The molecule has 2 N–H and O–H groups in total. The predicted octanol–water partition coefficient (Wildman–Crippen LogP) is 2.53. The standard InChI is InChI=1S/C15H25FN2O/c1-4-7-17-11-13-5-6-15(14(16)10-13)18(8-9-19)12(2)3/h5-6,10,12,17,19H,4,7-9,11H2,1-3H3. The molecule has 0 aliphatic carbocycles. The van der Waals surface area contributed by atoms with E-state index in [9.17, 15) is 4.39 Å². The normalized spacial score (nSPS) is 11.1. The molecule has 0 radical (unpaired) electrons. The van der Waals surface area contributed by atoms with Gasteiger partial charge in [0.1, 0.15) is 5.82 Å². The third kappa shape index (κ3) is 4.80. The Morgan fingerprint density at radius 3 is 2.63 bits per heavy atom. The number of benzene rings is 1. The van der Waals surface area contributed by atoms with Gasteiger partial charge in [-0.3, -0.25) is 0 Å². The summed E-state index contributed by atoms with van der Waals surface area (Å²) in [4.78, 5) is 1.87. The maximum absolute atomic E-state index is 14.1. The maximum Gasteiger partial charge on any atom is 0.146 e. The molecule has 0 unspecified atom stereocenters. The van der Waals surface area contributed by atoms with E-state index in [0.717, 1.165) is 18.5 Å². The van der Waals surface area contributed by atoms with Crippen molar-refractivity contribution in [3.8, 4) is 0 Å². The van der Waals surface area contributed by atoms with Crippen LogP contribution in [0.25, 0.3) is 0 Å². The van der Waals surface area contributed by atoms with E-state index in [4.69, 9.17) is 5.11 Å². The van der Waals surface area contributed by atoms with Gasteiger partial charge >= 0.3 is 0 Å². The van der Waals surface area contributed by atoms with Crippen LogP contribution in [0.1, 0.15) is 32.8 Å². The van der Waals surface area contributed by atoms with E-state index in [-0.39, 0.29) is 18.5 Å². The van der Waals surface area contributed by atoms with Crippen molar-refractivity contribution in [2.75, 3.05) is 24.6 Å². The second kappa shape index (κ2) is 8.12. The average molecular weight is 268 g/mol. The van der Waals surface area contributed by atoms with Crippen LogP contribution in [-0.2, 0) is 6.54 Å². The number of hydrogen-bond donors (Lipinski definition) is 2. The number of aliphatic hydroxyl groups excluding tert-OH is 1. The molecule has 0 spiro atoms. The Morgan fingerprint density at radius 2 is 2.11 bits per heavy atom. The van der Waals surface area contributed by atoms with Crippen molar-refractivity contribution in [3.05, 3.63) is 29.6 Å². The molecule has 0 saturated heterocycles. The van der Waals surface area contributed by atoms with Crippen molar-refractivity contribution in [1.29, 1.82) is 0 Å². The van der Waals surface area contributed by atoms with Gasteiger partial charge in [0.05, 0.1) is 12.3 Å². The average Bonchev–Trinajstić information content (AvgIpc) is 2.37. The summed E-state index contributed by atoms with van der Waals surface area (Å²) >= 11 is 0. The molecule has 108 valence electrons. The third-order valence-corrected chi connectivity index (χ3v) is 3.04. The van der Waals surface area contributed by atoms with Crippen molar-refractivity contribution < 1.29 is 9.50 Å². The summed E-state index contributed by atoms with van der Waals surface area (Å²) in [7, 11) is 0. The van der Waals surface area contributed by atoms with Gasteiger partial charge in [-0.2, -0.15) is 0 Å². The molecule has 1 aromatic rings. The zero-order valence-corrected chi connectivity index (χ0v) is 12.1. The summed E-state index contributed by atoms with van der Waals surface area (Å²) in [6.45, 7) is 8.18. The quantitative estimate of drug-likeness (QED) is 0.711. The molecule has 0 saturated carbocycles. The van der Waals surface area contributed by atoms with Crippen LogP contribution >= 0.6 is 0 Å². The lowest BCUT2D eigenvalue weighted by atomic mass is 10.1. The molecule has 19 heavy (non-hydrogen) atoms. The lowest BCUT2D eigenvalue weighted by Crippen LogP contribution is -2.34. The SMILES string of the molecule is CCCNCc1ccc(N(CCO)C(C)C)c(F)c1. The fourth-order valence-corrected chi connectivity index (χ4v) is 2.07. The van der Waals surface area contributed by atoms with E-state index in [0.29, 0.717) is 18.8 Å². The van der Waals surface area contributed by atoms with Crippen LogP contribution in [-0.4, -0.2) is 30.8 Å². The second-order valence-corrected chi connectivity index (χ2v) is 4.97. The number of halogens is 1. The van der Waals surface area contributed by atoms with Gasteiger partial charge in [0.25, 0.3) is 0 Å². The van der Waals surface area contributed by atoms with Crippen LogP contribution in [0.3, 0.4) is 0 Å². The van der Waals surface area contributed by atoms with Crippen molar-refractivity contribution in [2.45, 2.75) is 39.8 Å². The largest absolute Gasteiger partial charge is 0.395 e. The maximum atomic E-state index is 14.1. The molecule has 3 nitrogen and oxygen atoms in total. The summed E-state index contributed by atoms with van der Waals surface area (Å²) in [6.07, 6.45) is 1.07. The van der Waals surface area contributed by atoms with Gasteiger partial charge in [-0.15, -0.1) is 0 Å². The number of anilines is 1. The summed E-state index contributed by atoms with van der Waals surface area (Å²) in [5, 5.41) is 12.3. The second-order valence-electron chi connectivity index (χ2n) is 4.97. The van der Waals surface area contributed by atoms with E-state index in [1.165, 1.54) is 0 Å². The predicted molar refractivity (Wildman–Crippen MR) is 78.0 cm³/mol. The van der Waals surface area contributed by atoms with E-state index >= 15 is 0 Å². The molecule has 0 heterocycles. The summed E-state index contributed by atoms with van der Waals surface area (Å²) in [5.74, 6) is -0.224. The Labute approximate surface area is 115 Å². The van der Waals surface area contributed by atoms with Gasteiger partial charge in [-0.1, -0.05) is 13.0 Å². The highest BCUT2D eigenvalue weighted by Gasteiger charge is 2.14. The minimum atomic E-state index is -0.224. The van der Waals surface area contributed by atoms with Gasteiger partial charge < -0.3 is 15.3 Å². The number of nitrogens with zero attached hydrogens (tertiary/aromatic N) is 1. The Hall–Kier alpha value is -1.13. The molecule has 0 bridgehead atoms. The van der Waals surface area contributed by atoms with Gasteiger partial charge in [0.2, 0.25) is 0 Å². The zero-order chi connectivity index (χ0) is 14.3. The molecule has 4 heteroatoms. The van der Waals surface area contributed by atoms with Crippen LogP contribution in [0.15, 0.2) is 18.2 Å². The number of nitrogens with one attached hydrogen (secondary N) is 1. The molecule has 0 fully saturated rings. The first-order chi connectivity index (χ1) is 9.10. The molecule has 0 aromatic heterocycles. The molecule has 1 rings (SSSR count). The lowest BCUT2D eigenvalue weighted by molar-refractivity contribution is 0.298. The Kier molecular flexibility index (Phi) is 6.81. The van der Waals surface area contributed by atoms with Crippen LogP contribution in [0.2, 0.25) is 0 Å². The molecular formula is C15H25FN2O. The molecule has 1 aromatic carbocycles. The zero-order valence-electron chi connectivity index (χ0n) is 12.1. The van der Waals surface area contributed by atoms with E-state index < -0.39 is 0 Å². The van der Waals surface area contributed by atoms with Crippen molar-refractivity contribution in [1.82, 2.24) is 5.32 Å². The van der Waals surface area contributed by atoms with Gasteiger partial charge in [-0.25, -0.2) is 4.39 Å². The Morgan fingerprint density at radius 1 is 1.37 bits per heavy atom. The van der Waals surface area contributed by atoms with Gasteiger partial charge in [-0.05, 0) is 44.5 Å². The first-order valence-corrected chi connectivity index (χ1v) is 6.96. The third-order valence-electron chi connectivity index (χ3n) is 3.04. The van der Waals surface area contributed by atoms with E-state index in [1.807, 2.05) is 24.8 Å². The summed E-state index contributed by atoms with van der Waals surface area (Å²) in [6, 6.07) is 5.47. The minimum Gasteiger partial charge on any atom is -0.395 e. The number of hydrogen-bond acceptors (Lipinski definition) is 3. The van der Waals surface area contributed by atoms with Crippen LogP contribution in [0.4, 0.5) is 10.1 Å². The van der Waals surface area contributed by atoms with Crippen LogP contribution in [0, 0.1) is 5.82 Å². The smallest absolute Gasteiger partial charge is 0.146 e. The van der Waals surface area contributed by atoms with Crippen LogP contribution in [0.5, 0.6) is 0 Å². The van der Waals surface area contributed by atoms with Gasteiger partial charge in [0, 0.05) is 19.1 Å². The highest BCUT2D eigenvalue weighted by atomic mass is 19.1. The molecule has 0 atom stereocenters. The van der Waals surface area contributed by atoms with E-state index in [1.54, 1.807) is 12.1 Å². The van der Waals surface area contributed by atoms with Crippen molar-refractivity contribution in [3.63, 3.8) is 0 Å².